The van der Waals surface area contributed by atoms with E-state index in [1.54, 1.807) is 19.2 Å². The van der Waals surface area contributed by atoms with Crippen LogP contribution in [0.2, 0.25) is 5.02 Å². The molecule has 19 heavy (non-hydrogen) atoms. The van der Waals surface area contributed by atoms with Gasteiger partial charge in [0.15, 0.2) is 0 Å². The summed E-state index contributed by atoms with van der Waals surface area (Å²) in [5, 5.41) is 3.82. The van der Waals surface area contributed by atoms with Gasteiger partial charge in [-0.1, -0.05) is 35.9 Å². The lowest BCUT2D eigenvalue weighted by Crippen LogP contribution is -2.19. The molecule has 0 radical (unpaired) electrons. The molecule has 2 aromatic carbocycles. The number of halogens is 3. The summed E-state index contributed by atoms with van der Waals surface area (Å²) in [5.74, 6) is -0.251. The van der Waals surface area contributed by atoms with Crippen molar-refractivity contribution in [3.05, 3.63) is 68.4 Å². The molecule has 0 amide bonds. The van der Waals surface area contributed by atoms with Crippen molar-refractivity contribution in [2.45, 2.75) is 13.0 Å². The van der Waals surface area contributed by atoms with Gasteiger partial charge in [0, 0.05) is 10.6 Å². The average molecular weight is 343 g/mol. The minimum absolute atomic E-state index is 0.226. The molecule has 1 N–H and O–H groups in total. The predicted octanol–water partition coefficient (Wildman–Crippen LogP) is 4.86. The van der Waals surface area contributed by atoms with Crippen LogP contribution in [0, 0.1) is 12.7 Å². The molecule has 0 aliphatic rings. The molecule has 100 valence electrons. The monoisotopic (exact) mass is 341 g/mol. The fourth-order valence-corrected chi connectivity index (χ4v) is 2.60. The number of nitrogens with one attached hydrogen (secondary N) is 1. The van der Waals surface area contributed by atoms with Gasteiger partial charge < -0.3 is 5.32 Å². The van der Waals surface area contributed by atoms with Crippen LogP contribution < -0.4 is 5.32 Å². The summed E-state index contributed by atoms with van der Waals surface area (Å²) in [6.07, 6.45) is 0. The first kappa shape index (κ1) is 14.5. The van der Waals surface area contributed by atoms with E-state index in [1.807, 2.05) is 31.2 Å². The van der Waals surface area contributed by atoms with Crippen molar-refractivity contribution in [1.29, 1.82) is 0 Å². The van der Waals surface area contributed by atoms with E-state index in [9.17, 15) is 4.39 Å². The van der Waals surface area contributed by atoms with Crippen LogP contribution in [0.15, 0.2) is 40.9 Å². The average Bonchev–Trinajstić information content (AvgIpc) is 2.39. The molecule has 0 bridgehead atoms. The summed E-state index contributed by atoms with van der Waals surface area (Å²) in [6, 6.07) is 10.8. The molecule has 0 spiro atoms. The smallest absolute Gasteiger partial charge is 0.142 e. The minimum Gasteiger partial charge on any atom is -0.309 e. The first-order valence-corrected chi connectivity index (χ1v) is 7.09. The molecule has 1 atom stereocenters. The highest BCUT2D eigenvalue weighted by Gasteiger charge is 2.18. The van der Waals surface area contributed by atoms with Crippen LogP contribution in [0.1, 0.15) is 22.7 Å². The van der Waals surface area contributed by atoms with Gasteiger partial charge in [0.05, 0.1) is 10.5 Å². The molecule has 0 aliphatic heterocycles. The summed E-state index contributed by atoms with van der Waals surface area (Å²) in [6.45, 7) is 1.94. The molecule has 0 aromatic heterocycles. The Balaban J connectivity index is 2.50. The summed E-state index contributed by atoms with van der Waals surface area (Å²) >= 11 is 9.36. The predicted molar refractivity (Wildman–Crippen MR) is 81.2 cm³/mol. The van der Waals surface area contributed by atoms with Crippen LogP contribution in [0.3, 0.4) is 0 Å². The highest BCUT2D eigenvalue weighted by Crippen LogP contribution is 2.30. The second-order valence-electron chi connectivity index (χ2n) is 4.37. The van der Waals surface area contributed by atoms with Gasteiger partial charge in [-0.3, -0.25) is 0 Å². The molecule has 0 aliphatic carbocycles. The number of aryl methyl sites for hydroxylation is 1. The van der Waals surface area contributed by atoms with Crippen molar-refractivity contribution in [3.63, 3.8) is 0 Å². The Morgan fingerprint density at radius 2 is 2.00 bits per heavy atom. The lowest BCUT2D eigenvalue weighted by Gasteiger charge is -2.19. The van der Waals surface area contributed by atoms with E-state index in [0.717, 1.165) is 11.1 Å². The maximum absolute atomic E-state index is 14.2. The molecule has 0 saturated carbocycles. The Hall–Kier alpha value is -0.900. The van der Waals surface area contributed by atoms with Crippen molar-refractivity contribution in [2.24, 2.45) is 0 Å². The third-order valence-electron chi connectivity index (χ3n) is 3.11. The fourth-order valence-electron chi connectivity index (χ4n) is 2.03. The standard InChI is InChI=1S/C15H14BrClFN/c1-9-6-7-10(8-13(9)17)15(19-2)11-4-3-5-12(16)14(11)18/h3-8,15,19H,1-2H3. The Morgan fingerprint density at radius 3 is 2.63 bits per heavy atom. The summed E-state index contributed by atoms with van der Waals surface area (Å²) in [5.41, 5.74) is 2.54. The normalized spacial score (nSPS) is 12.5. The third-order valence-corrected chi connectivity index (χ3v) is 4.13. The van der Waals surface area contributed by atoms with Gasteiger partial charge in [-0.05, 0) is 53.2 Å². The largest absolute Gasteiger partial charge is 0.309 e. The van der Waals surface area contributed by atoms with Crippen molar-refractivity contribution in [2.75, 3.05) is 7.05 Å². The molecule has 1 unspecified atom stereocenters. The van der Waals surface area contributed by atoms with Gasteiger partial charge in [-0.25, -0.2) is 4.39 Å². The quantitative estimate of drug-likeness (QED) is 0.840. The van der Waals surface area contributed by atoms with Gasteiger partial charge in [0.25, 0.3) is 0 Å². The molecule has 0 heterocycles. The maximum Gasteiger partial charge on any atom is 0.142 e. The van der Waals surface area contributed by atoms with Gasteiger partial charge >= 0.3 is 0 Å². The van der Waals surface area contributed by atoms with Crippen molar-refractivity contribution in [1.82, 2.24) is 5.32 Å². The number of hydrogen-bond donors (Lipinski definition) is 1. The third kappa shape index (κ3) is 2.99. The van der Waals surface area contributed by atoms with Crippen LogP contribution in [0.4, 0.5) is 4.39 Å². The first-order chi connectivity index (χ1) is 9.04. The van der Waals surface area contributed by atoms with E-state index < -0.39 is 0 Å². The molecule has 0 saturated heterocycles. The van der Waals surface area contributed by atoms with E-state index in [1.165, 1.54) is 0 Å². The van der Waals surface area contributed by atoms with Crippen LogP contribution >= 0.6 is 27.5 Å². The Bertz CT molecular complexity index is 601. The van der Waals surface area contributed by atoms with E-state index in [-0.39, 0.29) is 11.9 Å². The Labute approximate surface area is 125 Å². The summed E-state index contributed by atoms with van der Waals surface area (Å²) < 4.78 is 14.6. The highest BCUT2D eigenvalue weighted by atomic mass is 79.9. The number of benzene rings is 2. The van der Waals surface area contributed by atoms with Gasteiger partial charge in [-0.15, -0.1) is 0 Å². The van der Waals surface area contributed by atoms with E-state index >= 15 is 0 Å². The molecule has 2 rings (SSSR count). The van der Waals surface area contributed by atoms with Gasteiger partial charge in [0.1, 0.15) is 5.82 Å². The van der Waals surface area contributed by atoms with Gasteiger partial charge in [0.2, 0.25) is 0 Å². The van der Waals surface area contributed by atoms with Crippen LogP contribution in [-0.2, 0) is 0 Å². The van der Waals surface area contributed by atoms with Crippen LogP contribution in [0.5, 0.6) is 0 Å². The minimum atomic E-state index is -0.251. The highest BCUT2D eigenvalue weighted by molar-refractivity contribution is 9.10. The summed E-state index contributed by atoms with van der Waals surface area (Å²) in [7, 11) is 1.80. The van der Waals surface area contributed by atoms with E-state index in [4.69, 9.17) is 11.6 Å². The van der Waals surface area contributed by atoms with E-state index in [0.29, 0.717) is 15.1 Å². The van der Waals surface area contributed by atoms with Crippen LogP contribution in [0.25, 0.3) is 0 Å². The van der Waals surface area contributed by atoms with Crippen LogP contribution in [-0.4, -0.2) is 7.05 Å². The van der Waals surface area contributed by atoms with Crippen molar-refractivity contribution < 1.29 is 4.39 Å². The van der Waals surface area contributed by atoms with E-state index in [2.05, 4.69) is 21.2 Å². The zero-order valence-electron chi connectivity index (χ0n) is 10.7. The topological polar surface area (TPSA) is 12.0 Å². The second-order valence-corrected chi connectivity index (χ2v) is 5.63. The fraction of sp³-hybridized carbons (Fsp3) is 0.200. The molecular formula is C15H14BrClFN. The van der Waals surface area contributed by atoms with Crippen molar-refractivity contribution in [3.8, 4) is 0 Å². The zero-order chi connectivity index (χ0) is 14.0. The maximum atomic E-state index is 14.2. The molecule has 0 fully saturated rings. The second kappa shape index (κ2) is 6.04. The van der Waals surface area contributed by atoms with Gasteiger partial charge in [-0.2, -0.15) is 0 Å². The number of rotatable bonds is 3. The summed E-state index contributed by atoms with van der Waals surface area (Å²) in [4.78, 5) is 0. The Morgan fingerprint density at radius 1 is 1.26 bits per heavy atom. The SMILES string of the molecule is CNC(c1ccc(C)c(Cl)c1)c1cccc(Br)c1F. The Kier molecular flexibility index (Phi) is 4.61. The molecular weight excluding hydrogens is 329 g/mol. The van der Waals surface area contributed by atoms with Crippen molar-refractivity contribution >= 4 is 27.5 Å². The lowest BCUT2D eigenvalue weighted by atomic mass is 9.97. The zero-order valence-corrected chi connectivity index (χ0v) is 13.0. The molecule has 4 heteroatoms. The molecule has 1 nitrogen and oxygen atoms in total. The first-order valence-electron chi connectivity index (χ1n) is 5.92. The number of hydrogen-bond acceptors (Lipinski definition) is 1. The lowest BCUT2D eigenvalue weighted by molar-refractivity contribution is 0.571. The molecule has 2 aromatic rings.